The van der Waals surface area contributed by atoms with E-state index in [4.69, 9.17) is 10.5 Å². The minimum atomic E-state index is -5.00. The maximum absolute atomic E-state index is 12.8. The summed E-state index contributed by atoms with van der Waals surface area (Å²) in [6.07, 6.45) is -9.33. The molecule has 0 atom stereocenters. The summed E-state index contributed by atoms with van der Waals surface area (Å²) in [4.78, 5) is 24.4. The number of hydrogen-bond acceptors (Lipinski definition) is 3. The van der Waals surface area contributed by atoms with Gasteiger partial charge in [-0.05, 0) is 31.0 Å². The maximum Gasteiger partial charge on any atom is 0.416 e. The zero-order chi connectivity index (χ0) is 20.4. The number of primary amides is 1. The van der Waals surface area contributed by atoms with Crippen molar-refractivity contribution in [2.75, 3.05) is 19.7 Å². The Morgan fingerprint density at radius 2 is 1.48 bits per heavy atom. The SMILES string of the molecule is NC(=O)C1CCN(C(=O)COc2cc(C(F)(F)F)cc(C(F)(F)F)c2)CC1. The van der Waals surface area contributed by atoms with E-state index in [0.717, 1.165) is 0 Å². The molecule has 1 aromatic rings. The number of nitrogens with two attached hydrogens (primary N) is 1. The van der Waals surface area contributed by atoms with E-state index in [0.29, 0.717) is 25.0 Å². The summed E-state index contributed by atoms with van der Waals surface area (Å²) in [5.74, 6) is -2.17. The molecule has 150 valence electrons. The second-order valence-corrected chi connectivity index (χ2v) is 6.09. The lowest BCUT2D eigenvalue weighted by molar-refractivity contribution is -0.143. The molecule has 1 aromatic carbocycles. The first-order chi connectivity index (χ1) is 12.4. The van der Waals surface area contributed by atoms with Gasteiger partial charge >= 0.3 is 12.4 Å². The van der Waals surface area contributed by atoms with E-state index in [-0.39, 0.29) is 25.1 Å². The van der Waals surface area contributed by atoms with Crippen molar-refractivity contribution >= 4 is 11.8 Å². The highest BCUT2D eigenvalue weighted by atomic mass is 19.4. The Kier molecular flexibility index (Phi) is 5.91. The number of halogens is 6. The average Bonchev–Trinajstić information content (AvgIpc) is 2.58. The number of amides is 2. The summed E-state index contributed by atoms with van der Waals surface area (Å²) in [6, 6.07) is 0.785. The van der Waals surface area contributed by atoms with Crippen molar-refractivity contribution in [2.24, 2.45) is 11.7 Å². The van der Waals surface area contributed by atoms with Gasteiger partial charge in [0.25, 0.3) is 5.91 Å². The third-order valence-electron chi connectivity index (χ3n) is 4.17. The highest BCUT2D eigenvalue weighted by Gasteiger charge is 2.37. The normalized spacial score (nSPS) is 16.3. The van der Waals surface area contributed by atoms with Crippen LogP contribution in [0.2, 0.25) is 0 Å². The van der Waals surface area contributed by atoms with Gasteiger partial charge in [0.1, 0.15) is 5.75 Å². The Hall–Kier alpha value is -2.46. The van der Waals surface area contributed by atoms with Crippen LogP contribution in [0.25, 0.3) is 0 Å². The van der Waals surface area contributed by atoms with Gasteiger partial charge in [-0.3, -0.25) is 9.59 Å². The summed E-state index contributed by atoms with van der Waals surface area (Å²) in [7, 11) is 0. The summed E-state index contributed by atoms with van der Waals surface area (Å²) >= 11 is 0. The number of rotatable bonds is 4. The minimum Gasteiger partial charge on any atom is -0.484 e. The Morgan fingerprint density at radius 3 is 1.89 bits per heavy atom. The second kappa shape index (κ2) is 7.65. The smallest absolute Gasteiger partial charge is 0.416 e. The van der Waals surface area contributed by atoms with Gasteiger partial charge in [0.15, 0.2) is 6.61 Å². The molecule has 0 unspecified atom stereocenters. The molecule has 2 N–H and O–H groups in total. The highest BCUT2D eigenvalue weighted by molar-refractivity contribution is 5.79. The summed E-state index contributed by atoms with van der Waals surface area (Å²) in [5, 5.41) is 0. The Morgan fingerprint density at radius 1 is 1.00 bits per heavy atom. The summed E-state index contributed by atoms with van der Waals surface area (Å²) in [6.45, 7) is -0.321. The first kappa shape index (κ1) is 20.8. The van der Waals surface area contributed by atoms with Crippen molar-refractivity contribution in [1.29, 1.82) is 0 Å². The molecule has 5 nitrogen and oxygen atoms in total. The fourth-order valence-electron chi connectivity index (χ4n) is 2.66. The number of alkyl halides is 6. The molecule has 0 radical (unpaired) electrons. The molecule has 0 spiro atoms. The van der Waals surface area contributed by atoms with E-state index in [9.17, 15) is 35.9 Å². The molecule has 2 rings (SSSR count). The Labute approximate surface area is 150 Å². The van der Waals surface area contributed by atoms with Crippen LogP contribution in [0, 0.1) is 5.92 Å². The number of hydrogen-bond donors (Lipinski definition) is 1. The molecule has 0 saturated carbocycles. The quantitative estimate of drug-likeness (QED) is 0.793. The van der Waals surface area contributed by atoms with Crippen LogP contribution in [-0.2, 0) is 21.9 Å². The van der Waals surface area contributed by atoms with Gasteiger partial charge in [0, 0.05) is 19.0 Å². The molecule has 0 aromatic heterocycles. The van der Waals surface area contributed by atoms with E-state index >= 15 is 0 Å². The number of likely N-dealkylation sites (tertiary alicyclic amines) is 1. The molecule has 2 amide bonds. The van der Waals surface area contributed by atoms with Gasteiger partial charge in [-0.2, -0.15) is 26.3 Å². The minimum absolute atomic E-state index is 0.0245. The van der Waals surface area contributed by atoms with Gasteiger partial charge in [-0.15, -0.1) is 0 Å². The largest absolute Gasteiger partial charge is 0.484 e. The first-order valence-corrected chi connectivity index (χ1v) is 7.87. The molecule has 1 saturated heterocycles. The molecule has 1 heterocycles. The Balaban J connectivity index is 2.06. The zero-order valence-electron chi connectivity index (χ0n) is 13.9. The molecule has 0 bridgehead atoms. The fourth-order valence-corrected chi connectivity index (χ4v) is 2.66. The van der Waals surface area contributed by atoms with Crippen molar-refractivity contribution in [3.05, 3.63) is 29.3 Å². The lowest BCUT2D eigenvalue weighted by atomic mass is 9.96. The van der Waals surface area contributed by atoms with Gasteiger partial charge in [-0.25, -0.2) is 0 Å². The van der Waals surface area contributed by atoms with Crippen molar-refractivity contribution in [2.45, 2.75) is 25.2 Å². The molecule has 11 heteroatoms. The second-order valence-electron chi connectivity index (χ2n) is 6.09. The number of carbonyl (C=O) groups excluding carboxylic acids is 2. The topological polar surface area (TPSA) is 72.6 Å². The van der Waals surface area contributed by atoms with Crippen LogP contribution < -0.4 is 10.5 Å². The molecule has 1 aliphatic rings. The molecular weight excluding hydrogens is 382 g/mol. The average molecular weight is 398 g/mol. The first-order valence-electron chi connectivity index (χ1n) is 7.87. The van der Waals surface area contributed by atoms with Gasteiger partial charge in [-0.1, -0.05) is 0 Å². The van der Waals surface area contributed by atoms with Crippen molar-refractivity contribution in [3.63, 3.8) is 0 Å². The van der Waals surface area contributed by atoms with Crippen molar-refractivity contribution in [1.82, 2.24) is 4.90 Å². The van der Waals surface area contributed by atoms with E-state index in [1.54, 1.807) is 0 Å². The van der Waals surface area contributed by atoms with E-state index in [1.807, 2.05) is 0 Å². The molecule has 27 heavy (non-hydrogen) atoms. The van der Waals surface area contributed by atoms with E-state index < -0.39 is 47.7 Å². The van der Waals surface area contributed by atoms with E-state index in [1.165, 1.54) is 4.90 Å². The van der Waals surface area contributed by atoms with Crippen molar-refractivity contribution in [3.8, 4) is 5.75 Å². The third kappa shape index (κ3) is 5.51. The predicted octanol–water partition coefficient (Wildman–Crippen LogP) is 2.83. The molecule has 1 aliphatic heterocycles. The maximum atomic E-state index is 12.8. The van der Waals surface area contributed by atoms with Crippen LogP contribution in [-0.4, -0.2) is 36.4 Å². The van der Waals surface area contributed by atoms with Crippen molar-refractivity contribution < 1.29 is 40.7 Å². The number of ether oxygens (including phenoxy) is 1. The van der Waals surface area contributed by atoms with Gasteiger partial charge in [0.05, 0.1) is 11.1 Å². The lowest BCUT2D eigenvalue weighted by Crippen LogP contribution is -2.43. The van der Waals surface area contributed by atoms with Crippen LogP contribution in [0.1, 0.15) is 24.0 Å². The number of carbonyl (C=O) groups is 2. The summed E-state index contributed by atoms with van der Waals surface area (Å²) < 4.78 is 81.6. The third-order valence-corrected chi connectivity index (χ3v) is 4.17. The monoisotopic (exact) mass is 398 g/mol. The molecule has 0 aliphatic carbocycles. The Bertz CT molecular complexity index is 677. The van der Waals surface area contributed by atoms with Crippen LogP contribution in [0.4, 0.5) is 26.3 Å². The van der Waals surface area contributed by atoms with Crippen LogP contribution in [0.3, 0.4) is 0 Å². The lowest BCUT2D eigenvalue weighted by Gasteiger charge is -2.30. The summed E-state index contributed by atoms with van der Waals surface area (Å²) in [5.41, 5.74) is 2.12. The zero-order valence-corrected chi connectivity index (χ0v) is 13.9. The standard InChI is InChI=1S/C16H16F6N2O3/c17-15(18,19)10-5-11(16(20,21)22)7-12(6-10)27-8-13(25)24-3-1-9(2-4-24)14(23)26/h5-7,9H,1-4,8H2,(H2,23,26). The van der Waals surface area contributed by atoms with Crippen LogP contribution in [0.5, 0.6) is 5.75 Å². The molecular formula is C16H16F6N2O3. The van der Waals surface area contributed by atoms with E-state index in [2.05, 4.69) is 0 Å². The molecule has 1 fully saturated rings. The fraction of sp³-hybridized carbons (Fsp3) is 0.500. The number of nitrogens with zero attached hydrogens (tertiary/aromatic N) is 1. The van der Waals surface area contributed by atoms with Crippen LogP contribution >= 0.6 is 0 Å². The number of piperidine rings is 1. The highest BCUT2D eigenvalue weighted by Crippen LogP contribution is 2.38. The number of benzene rings is 1. The van der Waals surface area contributed by atoms with Gasteiger partial charge in [0.2, 0.25) is 5.91 Å². The predicted molar refractivity (Wildman–Crippen MR) is 80.4 cm³/mol. The van der Waals surface area contributed by atoms with Crippen LogP contribution in [0.15, 0.2) is 18.2 Å². The van der Waals surface area contributed by atoms with Gasteiger partial charge < -0.3 is 15.4 Å².